The first-order chi connectivity index (χ1) is 32.6. The van der Waals surface area contributed by atoms with Crippen molar-refractivity contribution in [2.45, 2.75) is 322 Å². The fourth-order valence-corrected chi connectivity index (χ4v) is 8.71. The van der Waals surface area contributed by atoms with Gasteiger partial charge in [0, 0.05) is 19.4 Å². The van der Waals surface area contributed by atoms with Crippen LogP contribution >= 0.6 is 0 Å². The van der Waals surface area contributed by atoms with E-state index in [1.54, 1.807) is 0 Å². The third-order valence-corrected chi connectivity index (χ3v) is 13.1. The molecule has 0 saturated carbocycles. The van der Waals surface area contributed by atoms with Gasteiger partial charge in [-0.1, -0.05) is 263 Å². The highest BCUT2D eigenvalue weighted by Crippen LogP contribution is 2.16. The number of carbonyl (C=O) groups is 2. The standard InChI is InChI=1S/C61H114O5/c1-4-7-10-13-16-19-22-25-28-30-32-35-38-41-44-47-50-53-56-64-57-59(66-61(63)55-52-49-46-43-40-37-33-27-24-21-18-15-12-9-6-3)58-65-60(62)54-51-48-45-42-39-36-34-31-29-26-23-20-17-14-11-8-5-2/h18,21,26-27,29,33,59H,4-17,19-20,22-25,28,30-32,34-58H2,1-3H3/b21-18-,29-26-,33-27-. The van der Waals surface area contributed by atoms with Crippen molar-refractivity contribution in [3.05, 3.63) is 36.5 Å². The Morgan fingerprint density at radius 2 is 0.636 bits per heavy atom. The fraction of sp³-hybridized carbons (Fsp3) is 0.869. The minimum absolute atomic E-state index is 0.0826. The normalized spacial score (nSPS) is 12.3. The highest BCUT2D eigenvalue weighted by molar-refractivity contribution is 5.70. The molecule has 0 aromatic carbocycles. The van der Waals surface area contributed by atoms with Crippen molar-refractivity contribution in [1.29, 1.82) is 0 Å². The van der Waals surface area contributed by atoms with Crippen LogP contribution < -0.4 is 0 Å². The quantitative estimate of drug-likeness (QED) is 0.0345. The zero-order valence-electron chi connectivity index (χ0n) is 44.7. The van der Waals surface area contributed by atoms with E-state index in [9.17, 15) is 9.59 Å². The van der Waals surface area contributed by atoms with Crippen molar-refractivity contribution in [1.82, 2.24) is 0 Å². The van der Waals surface area contributed by atoms with Crippen molar-refractivity contribution >= 4 is 11.9 Å². The number of hydrogen-bond donors (Lipinski definition) is 0. The molecule has 0 fully saturated rings. The van der Waals surface area contributed by atoms with Crippen LogP contribution in [0.25, 0.3) is 0 Å². The van der Waals surface area contributed by atoms with Gasteiger partial charge in [0.15, 0.2) is 6.10 Å². The van der Waals surface area contributed by atoms with Gasteiger partial charge in [-0.05, 0) is 77.0 Å². The first-order valence-electron chi connectivity index (χ1n) is 29.5. The van der Waals surface area contributed by atoms with Crippen LogP contribution in [0.3, 0.4) is 0 Å². The molecule has 0 bridgehead atoms. The van der Waals surface area contributed by atoms with E-state index in [1.165, 1.54) is 231 Å². The third-order valence-electron chi connectivity index (χ3n) is 13.1. The average molecular weight is 928 g/mol. The summed E-state index contributed by atoms with van der Waals surface area (Å²) >= 11 is 0. The van der Waals surface area contributed by atoms with Crippen molar-refractivity contribution in [3.8, 4) is 0 Å². The molecule has 0 aromatic heterocycles. The maximum atomic E-state index is 12.9. The highest BCUT2D eigenvalue weighted by atomic mass is 16.6. The molecule has 388 valence electrons. The number of rotatable bonds is 55. The maximum Gasteiger partial charge on any atom is 0.306 e. The molecule has 0 aliphatic heterocycles. The Morgan fingerprint density at radius 3 is 1.05 bits per heavy atom. The molecule has 5 heteroatoms. The van der Waals surface area contributed by atoms with Crippen LogP contribution in [0.15, 0.2) is 36.5 Å². The number of hydrogen-bond acceptors (Lipinski definition) is 5. The van der Waals surface area contributed by atoms with Gasteiger partial charge in [0.05, 0.1) is 6.61 Å². The van der Waals surface area contributed by atoms with Crippen molar-refractivity contribution in [2.24, 2.45) is 0 Å². The Bertz CT molecular complexity index is 1050. The summed E-state index contributed by atoms with van der Waals surface area (Å²) < 4.78 is 17.5. The monoisotopic (exact) mass is 927 g/mol. The van der Waals surface area contributed by atoms with Gasteiger partial charge in [0.1, 0.15) is 6.61 Å². The number of esters is 2. The summed E-state index contributed by atoms with van der Waals surface area (Å²) in [6.45, 7) is 7.84. The van der Waals surface area contributed by atoms with Gasteiger partial charge in [-0.2, -0.15) is 0 Å². The molecule has 0 aliphatic carbocycles. The molecule has 1 unspecified atom stereocenters. The predicted molar refractivity (Wildman–Crippen MR) is 288 cm³/mol. The van der Waals surface area contributed by atoms with Gasteiger partial charge in [-0.25, -0.2) is 0 Å². The minimum Gasteiger partial charge on any atom is -0.462 e. The highest BCUT2D eigenvalue weighted by Gasteiger charge is 2.17. The Kier molecular flexibility index (Phi) is 55.8. The maximum absolute atomic E-state index is 12.9. The summed E-state index contributed by atoms with van der Waals surface area (Å²) in [5.74, 6) is -0.399. The van der Waals surface area contributed by atoms with Crippen LogP contribution in [0.4, 0.5) is 0 Å². The number of ether oxygens (including phenoxy) is 3. The lowest BCUT2D eigenvalue weighted by Gasteiger charge is -2.18. The molecular weight excluding hydrogens is 813 g/mol. The van der Waals surface area contributed by atoms with Gasteiger partial charge < -0.3 is 14.2 Å². The summed E-state index contributed by atoms with van der Waals surface area (Å²) in [4.78, 5) is 25.5. The number of carbonyl (C=O) groups excluding carboxylic acids is 2. The first kappa shape index (κ1) is 64.1. The predicted octanol–water partition coefficient (Wildman–Crippen LogP) is 20.1. The Hall–Kier alpha value is -1.88. The largest absolute Gasteiger partial charge is 0.462 e. The summed E-state index contributed by atoms with van der Waals surface area (Å²) in [7, 11) is 0. The molecule has 66 heavy (non-hydrogen) atoms. The Morgan fingerprint density at radius 1 is 0.333 bits per heavy atom. The van der Waals surface area contributed by atoms with Crippen molar-refractivity contribution in [2.75, 3.05) is 19.8 Å². The summed E-state index contributed by atoms with van der Waals surface area (Å²) in [5, 5.41) is 0. The lowest BCUT2D eigenvalue weighted by Crippen LogP contribution is -2.30. The first-order valence-corrected chi connectivity index (χ1v) is 29.5. The van der Waals surface area contributed by atoms with Crippen LogP contribution in [-0.4, -0.2) is 37.9 Å². The third kappa shape index (κ3) is 54.7. The van der Waals surface area contributed by atoms with E-state index in [1.807, 2.05) is 0 Å². The van der Waals surface area contributed by atoms with E-state index < -0.39 is 6.10 Å². The molecule has 1 atom stereocenters. The average Bonchev–Trinajstić information content (AvgIpc) is 3.32. The van der Waals surface area contributed by atoms with E-state index in [2.05, 4.69) is 57.2 Å². The topological polar surface area (TPSA) is 61.8 Å². The lowest BCUT2D eigenvalue weighted by atomic mass is 10.0. The molecule has 0 rings (SSSR count). The second-order valence-electron chi connectivity index (χ2n) is 19.9. The number of unbranched alkanes of at least 4 members (excludes halogenated alkanes) is 38. The molecule has 0 spiro atoms. The van der Waals surface area contributed by atoms with Gasteiger partial charge in [0.25, 0.3) is 0 Å². The zero-order valence-corrected chi connectivity index (χ0v) is 44.7. The molecule has 5 nitrogen and oxygen atoms in total. The number of allylic oxidation sites excluding steroid dienone is 6. The molecular formula is C61H114O5. The van der Waals surface area contributed by atoms with E-state index in [4.69, 9.17) is 14.2 Å². The lowest BCUT2D eigenvalue weighted by molar-refractivity contribution is -0.163. The molecule has 0 heterocycles. The summed E-state index contributed by atoms with van der Waals surface area (Å²) in [6.07, 6.45) is 70.2. The van der Waals surface area contributed by atoms with Crippen LogP contribution in [0.5, 0.6) is 0 Å². The molecule has 0 aliphatic rings. The van der Waals surface area contributed by atoms with E-state index in [-0.39, 0.29) is 25.2 Å². The van der Waals surface area contributed by atoms with Gasteiger partial charge in [-0.3, -0.25) is 9.59 Å². The van der Waals surface area contributed by atoms with Crippen LogP contribution in [0.1, 0.15) is 316 Å². The van der Waals surface area contributed by atoms with Gasteiger partial charge >= 0.3 is 11.9 Å². The van der Waals surface area contributed by atoms with E-state index in [0.717, 1.165) is 51.4 Å². The van der Waals surface area contributed by atoms with Crippen LogP contribution in [-0.2, 0) is 23.8 Å². The second kappa shape index (κ2) is 57.4. The zero-order chi connectivity index (χ0) is 47.7. The van der Waals surface area contributed by atoms with Crippen LogP contribution in [0, 0.1) is 0 Å². The van der Waals surface area contributed by atoms with Crippen molar-refractivity contribution in [3.63, 3.8) is 0 Å². The molecule has 0 saturated heterocycles. The van der Waals surface area contributed by atoms with E-state index >= 15 is 0 Å². The summed E-state index contributed by atoms with van der Waals surface area (Å²) in [5.41, 5.74) is 0. The molecule has 0 N–H and O–H groups in total. The summed E-state index contributed by atoms with van der Waals surface area (Å²) in [6, 6.07) is 0. The van der Waals surface area contributed by atoms with Gasteiger partial charge in [0.2, 0.25) is 0 Å². The van der Waals surface area contributed by atoms with Gasteiger partial charge in [-0.15, -0.1) is 0 Å². The SMILES string of the molecule is CCCCC/C=C\C/C=C\CCCCCCCC(=O)OC(COCCCCCCCCCCCCCCCCCCCC)COC(=O)CCCCCCCCC/C=C\CCCCCCCC. The molecule has 0 amide bonds. The van der Waals surface area contributed by atoms with E-state index in [0.29, 0.717) is 19.4 Å². The Labute approximate surface area is 412 Å². The smallest absolute Gasteiger partial charge is 0.306 e. The minimum atomic E-state index is -0.541. The second-order valence-corrected chi connectivity index (χ2v) is 19.9. The molecule has 0 radical (unpaired) electrons. The molecule has 0 aromatic rings. The van der Waals surface area contributed by atoms with Crippen molar-refractivity contribution < 1.29 is 23.8 Å². The fourth-order valence-electron chi connectivity index (χ4n) is 8.71. The van der Waals surface area contributed by atoms with Crippen LogP contribution in [0.2, 0.25) is 0 Å². The Balaban J connectivity index is 4.25.